The maximum absolute atomic E-state index is 8.37. The van der Waals surface area contributed by atoms with Gasteiger partial charge in [-0.1, -0.05) is 41.9 Å². The van der Waals surface area contributed by atoms with Gasteiger partial charge < -0.3 is 10.1 Å². The number of benzene rings is 1. The summed E-state index contributed by atoms with van der Waals surface area (Å²) in [5.41, 5.74) is 3.10. The van der Waals surface area contributed by atoms with Crippen molar-refractivity contribution in [1.82, 2.24) is 14.7 Å². The monoisotopic (exact) mass is 445 g/mol. The minimum Gasteiger partial charge on any atom is -0.379 e. The van der Waals surface area contributed by atoms with Crippen LogP contribution in [0.2, 0.25) is 0 Å². The first kappa shape index (κ1) is 20.9. The molecule has 0 bridgehead atoms. The van der Waals surface area contributed by atoms with Gasteiger partial charge in [-0.3, -0.25) is 4.90 Å². The first-order chi connectivity index (χ1) is 13.5. The lowest BCUT2D eigenvalue weighted by atomic mass is 10.0. The van der Waals surface area contributed by atoms with E-state index in [1.54, 1.807) is 6.92 Å². The molecular weight excluding hydrogens is 418 g/mol. The lowest BCUT2D eigenvalue weighted by Crippen LogP contribution is -2.38. The van der Waals surface area contributed by atoms with E-state index in [2.05, 4.69) is 34.7 Å². The molecule has 0 radical (unpaired) electrons. The van der Waals surface area contributed by atoms with Crippen molar-refractivity contribution in [2.75, 3.05) is 32.8 Å². The lowest BCUT2D eigenvalue weighted by Gasteiger charge is -2.26. The molecule has 1 aliphatic rings. The van der Waals surface area contributed by atoms with Gasteiger partial charge in [0, 0.05) is 41.6 Å². The molecule has 3 rings (SSSR count). The number of nitrogens with zero attached hydrogens (tertiary/aromatic N) is 4. The molecule has 0 saturated carbocycles. The Bertz CT molecular complexity index is 835. The van der Waals surface area contributed by atoms with E-state index < -0.39 is 0 Å². The van der Waals surface area contributed by atoms with Gasteiger partial charge in [-0.2, -0.15) is 5.10 Å². The highest BCUT2D eigenvalue weighted by Gasteiger charge is 2.21. The van der Waals surface area contributed by atoms with Gasteiger partial charge >= 0.3 is 0 Å². The third kappa shape index (κ3) is 5.16. The molecule has 0 spiro atoms. The number of ether oxygens (including phenoxy) is 1. The summed E-state index contributed by atoms with van der Waals surface area (Å²) in [5.74, 6) is 1.10. The van der Waals surface area contributed by atoms with Crippen molar-refractivity contribution in [2.45, 2.75) is 27.3 Å². The molecular formula is C21H28BrN5O. The molecule has 28 heavy (non-hydrogen) atoms. The van der Waals surface area contributed by atoms with Gasteiger partial charge in [0.15, 0.2) is 5.82 Å². The molecule has 150 valence electrons. The number of rotatable bonds is 7. The Hall–Kier alpha value is -1.83. The highest BCUT2D eigenvalue weighted by molar-refractivity contribution is 9.10. The molecule has 1 fully saturated rings. The van der Waals surface area contributed by atoms with Crippen LogP contribution < -0.4 is 0 Å². The van der Waals surface area contributed by atoms with Crippen LogP contribution in [0.4, 0.5) is 5.82 Å². The van der Waals surface area contributed by atoms with Gasteiger partial charge in [0.1, 0.15) is 5.69 Å². The van der Waals surface area contributed by atoms with E-state index in [1.165, 1.54) is 0 Å². The zero-order valence-electron chi connectivity index (χ0n) is 16.8. The van der Waals surface area contributed by atoms with Crippen molar-refractivity contribution in [3.63, 3.8) is 0 Å². The van der Waals surface area contributed by atoms with Gasteiger partial charge in [0.25, 0.3) is 0 Å². The second kappa shape index (κ2) is 9.58. The topological polar surface area (TPSA) is 66.5 Å². The van der Waals surface area contributed by atoms with E-state index in [0.29, 0.717) is 11.6 Å². The minimum atomic E-state index is 0.331. The maximum Gasteiger partial charge on any atom is 0.159 e. The van der Waals surface area contributed by atoms with Crippen molar-refractivity contribution in [2.24, 2.45) is 10.9 Å². The van der Waals surface area contributed by atoms with Crippen molar-refractivity contribution in [3.05, 3.63) is 34.3 Å². The Morgan fingerprint density at radius 3 is 2.54 bits per heavy atom. The summed E-state index contributed by atoms with van der Waals surface area (Å²) < 4.78 is 8.42. The average Bonchev–Trinajstić information content (AvgIpc) is 3.05. The van der Waals surface area contributed by atoms with E-state index in [1.807, 2.05) is 35.2 Å². The van der Waals surface area contributed by atoms with Gasteiger partial charge in [-0.25, -0.2) is 9.67 Å². The van der Waals surface area contributed by atoms with Crippen molar-refractivity contribution in [1.29, 1.82) is 5.41 Å². The summed E-state index contributed by atoms with van der Waals surface area (Å²) in [6.45, 7) is 11.1. The Balaban J connectivity index is 1.99. The third-order valence-corrected chi connectivity index (χ3v) is 5.17. The summed E-state index contributed by atoms with van der Waals surface area (Å²) in [6.07, 6.45) is 1.93. The van der Waals surface area contributed by atoms with Crippen LogP contribution in [0.3, 0.4) is 0 Å². The van der Waals surface area contributed by atoms with Crippen LogP contribution in [0.5, 0.6) is 0 Å². The predicted molar refractivity (Wildman–Crippen MR) is 118 cm³/mol. The number of morpholine rings is 1. The summed E-state index contributed by atoms with van der Waals surface area (Å²) in [6, 6.07) is 8.06. The van der Waals surface area contributed by atoms with E-state index in [9.17, 15) is 0 Å². The number of nitrogens with one attached hydrogen (secondary N) is 1. The zero-order valence-corrected chi connectivity index (χ0v) is 18.4. The number of hydrogen-bond donors (Lipinski definition) is 1. The summed E-state index contributed by atoms with van der Waals surface area (Å²) >= 11 is 3.49. The molecule has 0 amide bonds. The molecule has 7 heteroatoms. The van der Waals surface area contributed by atoms with Crippen molar-refractivity contribution >= 4 is 33.7 Å². The number of aliphatic imine (C=N–C) groups is 1. The van der Waals surface area contributed by atoms with Gasteiger partial charge in [-0.05, 0) is 25.0 Å². The molecule has 1 saturated heterocycles. The SMILES string of the molecule is CC(=N)c1c(-c2ccc(Br)cc2)nn(CCN2CCOCC2)c1N=CC(C)C. The van der Waals surface area contributed by atoms with Gasteiger partial charge in [0.05, 0.1) is 25.3 Å². The van der Waals surface area contributed by atoms with E-state index in [-0.39, 0.29) is 0 Å². The smallest absolute Gasteiger partial charge is 0.159 e. The molecule has 0 unspecified atom stereocenters. The fourth-order valence-corrected chi connectivity index (χ4v) is 3.44. The molecule has 0 aliphatic carbocycles. The highest BCUT2D eigenvalue weighted by atomic mass is 79.9. The first-order valence-electron chi connectivity index (χ1n) is 9.72. The van der Waals surface area contributed by atoms with Crippen LogP contribution in [0.25, 0.3) is 11.3 Å². The molecule has 1 aromatic heterocycles. The molecule has 6 nitrogen and oxygen atoms in total. The standard InChI is InChI=1S/C21H28BrN5O/c1-15(2)14-24-21-19(16(3)23)20(17-4-6-18(22)7-5-17)25-27(21)9-8-26-10-12-28-13-11-26/h4-7,14-15,23H,8-13H2,1-3H3. The van der Waals surface area contributed by atoms with Crippen molar-refractivity contribution < 1.29 is 4.74 Å². The molecule has 0 atom stereocenters. The van der Waals surface area contributed by atoms with E-state index >= 15 is 0 Å². The number of halogens is 1. The van der Waals surface area contributed by atoms with Crippen molar-refractivity contribution in [3.8, 4) is 11.3 Å². The zero-order chi connectivity index (χ0) is 20.1. The van der Waals surface area contributed by atoms with E-state index in [0.717, 1.165) is 66.5 Å². The minimum absolute atomic E-state index is 0.331. The normalized spacial score (nSPS) is 15.6. The summed E-state index contributed by atoms with van der Waals surface area (Å²) in [4.78, 5) is 7.12. The third-order valence-electron chi connectivity index (χ3n) is 4.64. The fourth-order valence-electron chi connectivity index (χ4n) is 3.18. The fraction of sp³-hybridized carbons (Fsp3) is 0.476. The average molecular weight is 446 g/mol. The quantitative estimate of drug-likeness (QED) is 0.642. The van der Waals surface area contributed by atoms with E-state index in [4.69, 9.17) is 20.2 Å². The number of hydrogen-bond acceptors (Lipinski definition) is 5. The Labute approximate surface area is 175 Å². The maximum atomic E-state index is 8.37. The molecule has 1 N–H and O–H groups in total. The summed E-state index contributed by atoms with van der Waals surface area (Å²) in [7, 11) is 0. The van der Waals surface area contributed by atoms with Crippen LogP contribution >= 0.6 is 15.9 Å². The molecule has 2 aromatic rings. The lowest BCUT2D eigenvalue weighted by molar-refractivity contribution is 0.0360. The Morgan fingerprint density at radius 2 is 1.93 bits per heavy atom. The van der Waals surface area contributed by atoms with Crippen LogP contribution in [0.15, 0.2) is 33.7 Å². The molecule has 2 heterocycles. The highest BCUT2D eigenvalue weighted by Crippen LogP contribution is 2.32. The Morgan fingerprint density at radius 1 is 1.25 bits per heavy atom. The van der Waals surface area contributed by atoms with Crippen LogP contribution in [0, 0.1) is 11.3 Å². The number of aromatic nitrogens is 2. The largest absolute Gasteiger partial charge is 0.379 e. The van der Waals surface area contributed by atoms with Gasteiger partial charge in [-0.15, -0.1) is 0 Å². The van der Waals surface area contributed by atoms with Crippen LogP contribution in [-0.2, 0) is 11.3 Å². The van der Waals surface area contributed by atoms with Gasteiger partial charge in [0.2, 0.25) is 0 Å². The van der Waals surface area contributed by atoms with Crippen LogP contribution in [-0.4, -0.2) is 59.5 Å². The van der Waals surface area contributed by atoms with Crippen LogP contribution in [0.1, 0.15) is 26.3 Å². The molecule has 1 aliphatic heterocycles. The second-order valence-corrected chi connectivity index (χ2v) is 8.29. The second-order valence-electron chi connectivity index (χ2n) is 7.38. The predicted octanol–water partition coefficient (Wildman–Crippen LogP) is 4.39. The Kier molecular flexibility index (Phi) is 7.15. The molecule has 1 aromatic carbocycles. The first-order valence-corrected chi connectivity index (χ1v) is 10.5. The summed E-state index contributed by atoms with van der Waals surface area (Å²) in [5, 5.41) is 13.3.